The van der Waals surface area contributed by atoms with Crippen molar-refractivity contribution in [3.63, 3.8) is 0 Å². The number of hydrogen-bond acceptors (Lipinski definition) is 3. The number of carboxylic acids is 1. The number of benzene rings is 1. The fourth-order valence-corrected chi connectivity index (χ4v) is 3.92. The normalized spacial score (nSPS) is 20.1. The standard InChI is InChI=1S/C12H11F4NO4S/c13-7-4-8(14)10(16)11(9(7)15)22(20,21)17-3-1-2-6(5-17)12(18)19/h4,6H,1-3,5H2,(H,18,19). The van der Waals surface area contributed by atoms with E-state index in [1.54, 1.807) is 0 Å². The van der Waals surface area contributed by atoms with Gasteiger partial charge in [0.25, 0.3) is 0 Å². The molecule has 1 aliphatic heterocycles. The van der Waals surface area contributed by atoms with Crippen molar-refractivity contribution in [2.45, 2.75) is 17.7 Å². The number of rotatable bonds is 3. The van der Waals surface area contributed by atoms with Crippen LogP contribution in [-0.2, 0) is 14.8 Å². The van der Waals surface area contributed by atoms with Gasteiger partial charge >= 0.3 is 5.97 Å². The molecule has 0 aliphatic carbocycles. The average Bonchev–Trinajstić information content (AvgIpc) is 2.45. The van der Waals surface area contributed by atoms with Crippen molar-refractivity contribution >= 4 is 16.0 Å². The smallest absolute Gasteiger partial charge is 0.307 e. The minimum absolute atomic E-state index is 0.0973. The molecule has 2 rings (SSSR count). The topological polar surface area (TPSA) is 74.7 Å². The van der Waals surface area contributed by atoms with Crippen molar-refractivity contribution in [2.75, 3.05) is 13.1 Å². The first-order chi connectivity index (χ1) is 10.2. The largest absolute Gasteiger partial charge is 0.481 e. The van der Waals surface area contributed by atoms with Crippen molar-refractivity contribution in [3.05, 3.63) is 29.3 Å². The molecule has 22 heavy (non-hydrogen) atoms. The number of piperidine rings is 1. The van der Waals surface area contributed by atoms with Gasteiger partial charge in [0.1, 0.15) is 0 Å². The molecule has 1 aromatic carbocycles. The van der Waals surface area contributed by atoms with Crippen LogP contribution in [0.4, 0.5) is 17.6 Å². The van der Waals surface area contributed by atoms with E-state index in [2.05, 4.69) is 0 Å². The first kappa shape index (κ1) is 16.7. The van der Waals surface area contributed by atoms with E-state index in [0.717, 1.165) is 0 Å². The molecule has 122 valence electrons. The molecule has 0 spiro atoms. The van der Waals surface area contributed by atoms with Crippen LogP contribution < -0.4 is 0 Å². The number of carboxylic acid groups (broad SMARTS) is 1. The van der Waals surface area contributed by atoms with E-state index in [-0.39, 0.29) is 25.5 Å². The third kappa shape index (κ3) is 2.80. The maximum Gasteiger partial charge on any atom is 0.307 e. The second-order valence-electron chi connectivity index (χ2n) is 4.84. The Morgan fingerprint density at radius 2 is 1.73 bits per heavy atom. The highest BCUT2D eigenvalue weighted by atomic mass is 32.2. The molecular weight excluding hydrogens is 330 g/mol. The maximum absolute atomic E-state index is 13.6. The highest BCUT2D eigenvalue weighted by Gasteiger charge is 2.38. The summed E-state index contributed by atoms with van der Waals surface area (Å²) in [4.78, 5) is 9.18. The van der Waals surface area contributed by atoms with Crippen LogP contribution in [0.3, 0.4) is 0 Å². The van der Waals surface area contributed by atoms with Gasteiger partial charge in [-0.05, 0) is 12.8 Å². The van der Waals surface area contributed by atoms with Crippen LogP contribution in [0.15, 0.2) is 11.0 Å². The lowest BCUT2D eigenvalue weighted by Gasteiger charge is -2.30. The summed E-state index contributed by atoms with van der Waals surface area (Å²) in [6.45, 7) is -0.711. The van der Waals surface area contributed by atoms with E-state index < -0.39 is 56.6 Å². The van der Waals surface area contributed by atoms with Crippen molar-refractivity contribution in [3.8, 4) is 0 Å². The van der Waals surface area contributed by atoms with Crippen LogP contribution in [0.2, 0.25) is 0 Å². The Morgan fingerprint density at radius 1 is 1.18 bits per heavy atom. The fraction of sp³-hybridized carbons (Fsp3) is 0.417. The van der Waals surface area contributed by atoms with Gasteiger partial charge in [0, 0.05) is 19.2 Å². The molecule has 1 heterocycles. The molecule has 0 aromatic heterocycles. The number of nitrogens with zero attached hydrogens (tertiary/aromatic N) is 1. The summed E-state index contributed by atoms with van der Waals surface area (Å²) in [5, 5.41) is 8.90. The van der Waals surface area contributed by atoms with Gasteiger partial charge in [-0.2, -0.15) is 4.31 Å². The lowest BCUT2D eigenvalue weighted by atomic mass is 10.0. The van der Waals surface area contributed by atoms with Crippen molar-refractivity contribution < 1.29 is 35.9 Å². The average molecular weight is 341 g/mol. The van der Waals surface area contributed by atoms with Crippen molar-refractivity contribution in [1.82, 2.24) is 4.31 Å². The Labute approximate surface area is 123 Å². The van der Waals surface area contributed by atoms with Crippen molar-refractivity contribution in [2.24, 2.45) is 5.92 Å². The third-order valence-corrected chi connectivity index (χ3v) is 5.29. The van der Waals surface area contributed by atoms with E-state index in [0.29, 0.717) is 4.31 Å². The molecule has 1 saturated heterocycles. The third-order valence-electron chi connectivity index (χ3n) is 3.40. The molecule has 10 heteroatoms. The number of aliphatic carboxylic acids is 1. The number of halogens is 4. The first-order valence-electron chi connectivity index (χ1n) is 6.22. The van der Waals surface area contributed by atoms with Gasteiger partial charge in [0.05, 0.1) is 5.92 Å². The molecule has 1 aliphatic rings. The minimum Gasteiger partial charge on any atom is -0.481 e. The van der Waals surface area contributed by atoms with Crippen LogP contribution in [0.1, 0.15) is 12.8 Å². The van der Waals surface area contributed by atoms with E-state index in [1.807, 2.05) is 0 Å². The Kier molecular flexibility index (Phi) is 4.43. The molecule has 1 fully saturated rings. The summed E-state index contributed by atoms with van der Waals surface area (Å²) < 4.78 is 78.6. The molecule has 1 N–H and O–H groups in total. The van der Waals surface area contributed by atoms with Crippen LogP contribution in [0.25, 0.3) is 0 Å². The summed E-state index contributed by atoms with van der Waals surface area (Å²) in [5.74, 6) is -10.1. The monoisotopic (exact) mass is 341 g/mol. The van der Waals surface area contributed by atoms with Gasteiger partial charge < -0.3 is 5.11 Å². The minimum atomic E-state index is -4.89. The van der Waals surface area contributed by atoms with Crippen molar-refractivity contribution in [1.29, 1.82) is 0 Å². The second-order valence-corrected chi connectivity index (χ2v) is 6.71. The number of hydrogen-bond donors (Lipinski definition) is 1. The Balaban J connectivity index is 2.50. The van der Waals surface area contributed by atoms with Crippen LogP contribution >= 0.6 is 0 Å². The molecule has 1 atom stereocenters. The molecule has 1 aromatic rings. The SMILES string of the molecule is O=C(O)C1CCCN(S(=O)(=O)c2c(F)c(F)cc(F)c2F)C1. The molecule has 0 amide bonds. The lowest BCUT2D eigenvalue weighted by molar-refractivity contribution is -0.142. The summed E-state index contributed by atoms with van der Waals surface area (Å²) in [6.07, 6.45) is 0.348. The zero-order chi connectivity index (χ0) is 16.7. The summed E-state index contributed by atoms with van der Waals surface area (Å²) in [6, 6.07) is -0.0973. The number of sulfonamides is 1. The van der Waals surface area contributed by atoms with Gasteiger partial charge in [-0.1, -0.05) is 0 Å². The molecular formula is C12H11F4NO4S. The quantitative estimate of drug-likeness (QED) is 0.671. The molecule has 1 unspecified atom stereocenters. The molecule has 0 bridgehead atoms. The van der Waals surface area contributed by atoms with E-state index in [1.165, 1.54) is 0 Å². The predicted molar refractivity (Wildman–Crippen MR) is 65.4 cm³/mol. The highest BCUT2D eigenvalue weighted by Crippen LogP contribution is 2.29. The highest BCUT2D eigenvalue weighted by molar-refractivity contribution is 7.89. The summed E-state index contributed by atoms with van der Waals surface area (Å²) in [5.41, 5.74) is 0. The van der Waals surface area contributed by atoms with E-state index >= 15 is 0 Å². The molecule has 0 radical (unpaired) electrons. The lowest BCUT2D eigenvalue weighted by Crippen LogP contribution is -2.42. The Bertz CT molecular complexity index is 696. The Morgan fingerprint density at radius 3 is 2.23 bits per heavy atom. The zero-order valence-corrected chi connectivity index (χ0v) is 11.8. The number of carbonyl (C=O) groups is 1. The van der Waals surface area contributed by atoms with Gasteiger partial charge in [0.2, 0.25) is 10.0 Å². The zero-order valence-electron chi connectivity index (χ0n) is 11.0. The van der Waals surface area contributed by atoms with E-state index in [9.17, 15) is 30.8 Å². The summed E-state index contributed by atoms with van der Waals surface area (Å²) in [7, 11) is -4.89. The maximum atomic E-state index is 13.6. The van der Waals surface area contributed by atoms with Crippen LogP contribution in [0, 0.1) is 29.2 Å². The van der Waals surface area contributed by atoms with Gasteiger partial charge in [-0.3, -0.25) is 4.79 Å². The second kappa shape index (κ2) is 5.84. The first-order valence-corrected chi connectivity index (χ1v) is 7.66. The summed E-state index contributed by atoms with van der Waals surface area (Å²) >= 11 is 0. The fourth-order valence-electron chi connectivity index (χ4n) is 2.27. The van der Waals surface area contributed by atoms with Crippen LogP contribution in [-0.4, -0.2) is 36.9 Å². The van der Waals surface area contributed by atoms with Crippen LogP contribution in [0.5, 0.6) is 0 Å². The Hall–Kier alpha value is -1.68. The van der Waals surface area contributed by atoms with Gasteiger partial charge in [0.15, 0.2) is 28.2 Å². The van der Waals surface area contributed by atoms with Gasteiger partial charge in [-0.15, -0.1) is 0 Å². The van der Waals surface area contributed by atoms with E-state index in [4.69, 9.17) is 5.11 Å². The molecule has 5 nitrogen and oxygen atoms in total. The van der Waals surface area contributed by atoms with Gasteiger partial charge in [-0.25, -0.2) is 26.0 Å². The molecule has 0 saturated carbocycles. The predicted octanol–water partition coefficient (Wildman–Crippen LogP) is 1.73.